The van der Waals surface area contributed by atoms with Crippen molar-refractivity contribution in [2.24, 2.45) is 0 Å². The SMILES string of the molecule is CCCOc1ccccc1OCC(=O)OCC(=O)NCc1ccccc1C. The summed E-state index contributed by atoms with van der Waals surface area (Å²) < 4.78 is 15.9. The van der Waals surface area contributed by atoms with Crippen molar-refractivity contribution >= 4 is 11.9 Å². The third-order valence-corrected chi connectivity index (χ3v) is 3.76. The van der Waals surface area contributed by atoms with Gasteiger partial charge >= 0.3 is 5.97 Å². The smallest absolute Gasteiger partial charge is 0.344 e. The van der Waals surface area contributed by atoms with E-state index in [0.29, 0.717) is 24.7 Å². The fraction of sp³-hybridized carbons (Fsp3) is 0.333. The molecule has 0 unspecified atom stereocenters. The Labute approximate surface area is 159 Å². The van der Waals surface area contributed by atoms with Crippen LogP contribution in [0.3, 0.4) is 0 Å². The van der Waals surface area contributed by atoms with Crippen LogP contribution in [0.1, 0.15) is 24.5 Å². The number of carbonyl (C=O) groups is 2. The number of aryl methyl sites for hydroxylation is 1. The van der Waals surface area contributed by atoms with E-state index < -0.39 is 5.97 Å². The van der Waals surface area contributed by atoms with Gasteiger partial charge in [-0.25, -0.2) is 4.79 Å². The van der Waals surface area contributed by atoms with Gasteiger partial charge in [0.15, 0.2) is 24.7 Å². The molecule has 2 aromatic rings. The molecule has 144 valence electrons. The van der Waals surface area contributed by atoms with Gasteiger partial charge in [-0.1, -0.05) is 43.3 Å². The van der Waals surface area contributed by atoms with Crippen molar-refractivity contribution in [1.29, 1.82) is 0 Å². The van der Waals surface area contributed by atoms with Crippen LogP contribution in [-0.2, 0) is 20.9 Å². The largest absolute Gasteiger partial charge is 0.490 e. The highest BCUT2D eigenvalue weighted by atomic mass is 16.6. The lowest BCUT2D eigenvalue weighted by molar-refractivity contribution is -0.150. The van der Waals surface area contributed by atoms with Gasteiger partial charge in [0.2, 0.25) is 0 Å². The highest BCUT2D eigenvalue weighted by molar-refractivity contribution is 5.80. The summed E-state index contributed by atoms with van der Waals surface area (Å²) in [6, 6.07) is 14.9. The predicted molar refractivity (Wildman–Crippen MR) is 102 cm³/mol. The summed E-state index contributed by atoms with van der Waals surface area (Å²) >= 11 is 0. The monoisotopic (exact) mass is 371 g/mol. The molecule has 0 saturated carbocycles. The number of ether oxygens (including phenoxy) is 3. The Hall–Kier alpha value is -3.02. The summed E-state index contributed by atoms with van der Waals surface area (Å²) in [5.41, 5.74) is 2.11. The van der Waals surface area contributed by atoms with Gasteiger partial charge < -0.3 is 19.5 Å². The van der Waals surface area contributed by atoms with E-state index in [9.17, 15) is 9.59 Å². The minimum Gasteiger partial charge on any atom is -0.490 e. The summed E-state index contributed by atoms with van der Waals surface area (Å²) in [4.78, 5) is 23.6. The molecule has 0 aromatic heterocycles. The lowest BCUT2D eigenvalue weighted by Crippen LogP contribution is -2.29. The zero-order valence-electron chi connectivity index (χ0n) is 15.7. The van der Waals surface area contributed by atoms with Gasteiger partial charge in [-0.3, -0.25) is 4.79 Å². The molecule has 0 atom stereocenters. The van der Waals surface area contributed by atoms with E-state index in [0.717, 1.165) is 17.5 Å². The molecular weight excluding hydrogens is 346 g/mol. The van der Waals surface area contributed by atoms with E-state index in [1.165, 1.54) is 0 Å². The Morgan fingerprint density at radius 2 is 1.59 bits per heavy atom. The predicted octanol–water partition coefficient (Wildman–Crippen LogP) is 3.02. The summed E-state index contributed by atoms with van der Waals surface area (Å²) in [6.07, 6.45) is 0.869. The Bertz CT molecular complexity index is 760. The van der Waals surface area contributed by atoms with E-state index >= 15 is 0 Å². The maximum Gasteiger partial charge on any atom is 0.344 e. The van der Waals surface area contributed by atoms with Crippen molar-refractivity contribution in [3.8, 4) is 11.5 Å². The Kier molecular flexibility index (Phi) is 8.16. The molecule has 6 heteroatoms. The molecule has 6 nitrogen and oxygen atoms in total. The second-order valence-electron chi connectivity index (χ2n) is 5.95. The summed E-state index contributed by atoms with van der Waals surface area (Å²) in [5, 5.41) is 2.72. The lowest BCUT2D eigenvalue weighted by atomic mass is 10.1. The normalized spacial score (nSPS) is 10.1. The van der Waals surface area contributed by atoms with Gasteiger partial charge in [0.05, 0.1) is 6.61 Å². The van der Waals surface area contributed by atoms with Crippen LogP contribution in [0, 0.1) is 6.92 Å². The van der Waals surface area contributed by atoms with Crippen LogP contribution < -0.4 is 14.8 Å². The summed E-state index contributed by atoms with van der Waals surface area (Å²) in [6.45, 7) is 4.29. The molecule has 0 spiro atoms. The molecule has 1 amide bonds. The first kappa shape index (κ1) is 20.3. The average Bonchev–Trinajstić information content (AvgIpc) is 2.69. The van der Waals surface area contributed by atoms with Crippen molar-refractivity contribution in [1.82, 2.24) is 5.32 Å². The van der Waals surface area contributed by atoms with Gasteiger partial charge in [0.25, 0.3) is 5.91 Å². The van der Waals surface area contributed by atoms with Crippen molar-refractivity contribution in [3.63, 3.8) is 0 Å². The molecular formula is C21H25NO5. The molecule has 2 rings (SSSR count). The third-order valence-electron chi connectivity index (χ3n) is 3.76. The Morgan fingerprint density at radius 3 is 2.30 bits per heavy atom. The molecule has 0 radical (unpaired) electrons. The summed E-state index contributed by atoms with van der Waals surface area (Å²) in [7, 11) is 0. The zero-order chi connectivity index (χ0) is 19.5. The second kappa shape index (κ2) is 10.9. The second-order valence-corrected chi connectivity index (χ2v) is 5.95. The highest BCUT2D eigenvalue weighted by Crippen LogP contribution is 2.26. The van der Waals surface area contributed by atoms with Gasteiger partial charge in [0, 0.05) is 6.54 Å². The number of rotatable bonds is 10. The first-order chi connectivity index (χ1) is 13.1. The van der Waals surface area contributed by atoms with Crippen LogP contribution in [-0.4, -0.2) is 31.7 Å². The molecule has 27 heavy (non-hydrogen) atoms. The number of nitrogens with one attached hydrogen (secondary N) is 1. The maximum atomic E-state index is 11.8. The van der Waals surface area contributed by atoms with E-state index in [4.69, 9.17) is 14.2 Å². The van der Waals surface area contributed by atoms with Gasteiger partial charge in [-0.15, -0.1) is 0 Å². The number of hydrogen-bond acceptors (Lipinski definition) is 5. The molecule has 1 N–H and O–H groups in total. The lowest BCUT2D eigenvalue weighted by Gasteiger charge is -2.12. The number of carbonyl (C=O) groups excluding carboxylic acids is 2. The van der Waals surface area contributed by atoms with Crippen LogP contribution in [0.4, 0.5) is 0 Å². The highest BCUT2D eigenvalue weighted by Gasteiger charge is 2.11. The zero-order valence-corrected chi connectivity index (χ0v) is 15.7. The van der Waals surface area contributed by atoms with Gasteiger partial charge in [-0.05, 0) is 36.6 Å². The van der Waals surface area contributed by atoms with Crippen LogP contribution >= 0.6 is 0 Å². The quantitative estimate of drug-likeness (QED) is 0.650. The topological polar surface area (TPSA) is 73.9 Å². The molecule has 0 heterocycles. The number of hydrogen-bond donors (Lipinski definition) is 1. The number of amides is 1. The van der Waals surface area contributed by atoms with E-state index in [2.05, 4.69) is 5.32 Å². The molecule has 0 saturated heterocycles. The van der Waals surface area contributed by atoms with Crippen LogP contribution in [0.15, 0.2) is 48.5 Å². The average molecular weight is 371 g/mol. The van der Waals surface area contributed by atoms with Crippen molar-refractivity contribution in [3.05, 3.63) is 59.7 Å². The third kappa shape index (κ3) is 7.01. The fourth-order valence-corrected chi connectivity index (χ4v) is 2.28. The molecule has 0 aliphatic carbocycles. The number of esters is 1. The van der Waals surface area contributed by atoms with Gasteiger partial charge in [-0.2, -0.15) is 0 Å². The van der Waals surface area contributed by atoms with E-state index in [1.54, 1.807) is 18.2 Å². The van der Waals surface area contributed by atoms with E-state index in [-0.39, 0.29) is 19.1 Å². The molecule has 0 fully saturated rings. The first-order valence-electron chi connectivity index (χ1n) is 8.91. The minimum absolute atomic E-state index is 0.294. The molecule has 0 aliphatic heterocycles. The Balaban J connectivity index is 1.72. The molecule has 2 aromatic carbocycles. The first-order valence-corrected chi connectivity index (χ1v) is 8.91. The minimum atomic E-state index is -0.619. The maximum absolute atomic E-state index is 11.8. The van der Waals surface area contributed by atoms with E-state index in [1.807, 2.05) is 44.2 Å². The van der Waals surface area contributed by atoms with Crippen LogP contribution in [0.5, 0.6) is 11.5 Å². The van der Waals surface area contributed by atoms with Crippen molar-refractivity contribution < 1.29 is 23.8 Å². The van der Waals surface area contributed by atoms with Crippen molar-refractivity contribution in [2.45, 2.75) is 26.8 Å². The number of para-hydroxylation sites is 2. The molecule has 0 bridgehead atoms. The van der Waals surface area contributed by atoms with Crippen molar-refractivity contribution in [2.75, 3.05) is 19.8 Å². The fourth-order valence-electron chi connectivity index (χ4n) is 2.28. The standard InChI is InChI=1S/C21H25NO5/c1-3-12-25-18-10-6-7-11-19(18)26-15-21(24)27-14-20(23)22-13-17-9-5-4-8-16(17)2/h4-11H,3,12-15H2,1-2H3,(H,22,23). The van der Waals surface area contributed by atoms with Crippen LogP contribution in [0.2, 0.25) is 0 Å². The van der Waals surface area contributed by atoms with Crippen LogP contribution in [0.25, 0.3) is 0 Å². The van der Waals surface area contributed by atoms with Gasteiger partial charge in [0.1, 0.15) is 0 Å². The summed E-state index contributed by atoms with van der Waals surface area (Å²) in [5.74, 6) is 0.0552. The Morgan fingerprint density at radius 1 is 0.926 bits per heavy atom. The molecule has 0 aliphatic rings. The number of benzene rings is 2.